The zero-order valence-corrected chi connectivity index (χ0v) is 14.4. The molecular formula is C18H25N3O3. The van der Waals surface area contributed by atoms with E-state index in [1.54, 1.807) is 14.0 Å². The third-order valence-corrected chi connectivity index (χ3v) is 4.39. The van der Waals surface area contributed by atoms with Crippen molar-refractivity contribution >= 4 is 0 Å². The molecule has 3 rings (SSSR count). The molecule has 2 aromatic rings. The van der Waals surface area contributed by atoms with Gasteiger partial charge in [0.15, 0.2) is 5.82 Å². The zero-order valence-electron chi connectivity index (χ0n) is 14.4. The molecule has 1 aromatic carbocycles. The molecule has 1 aliphatic heterocycles. The van der Waals surface area contributed by atoms with Gasteiger partial charge < -0.3 is 14.4 Å². The van der Waals surface area contributed by atoms with Crippen molar-refractivity contribution in [3.63, 3.8) is 0 Å². The zero-order chi connectivity index (χ0) is 17.0. The molecule has 1 saturated heterocycles. The monoisotopic (exact) mass is 331 g/mol. The van der Waals surface area contributed by atoms with E-state index in [9.17, 15) is 5.11 Å². The Hall–Kier alpha value is -1.76. The summed E-state index contributed by atoms with van der Waals surface area (Å²) in [6.45, 7) is 4.83. The maximum absolute atomic E-state index is 10.9. The second-order valence-corrected chi connectivity index (χ2v) is 6.70. The van der Waals surface area contributed by atoms with Crippen molar-refractivity contribution in [3.8, 4) is 0 Å². The molecule has 0 bridgehead atoms. The highest BCUT2D eigenvalue weighted by atomic mass is 16.5. The van der Waals surface area contributed by atoms with E-state index >= 15 is 0 Å². The number of benzene rings is 1. The second kappa shape index (κ2) is 7.42. The van der Waals surface area contributed by atoms with Crippen LogP contribution >= 0.6 is 0 Å². The van der Waals surface area contributed by atoms with Crippen molar-refractivity contribution in [2.24, 2.45) is 0 Å². The highest BCUT2D eigenvalue weighted by Crippen LogP contribution is 2.26. The maximum atomic E-state index is 10.9. The van der Waals surface area contributed by atoms with Gasteiger partial charge in [-0.15, -0.1) is 0 Å². The van der Waals surface area contributed by atoms with Crippen LogP contribution < -0.4 is 0 Å². The first-order valence-corrected chi connectivity index (χ1v) is 8.37. The van der Waals surface area contributed by atoms with Crippen LogP contribution in [0.5, 0.6) is 0 Å². The molecule has 1 N–H and O–H groups in total. The largest absolute Gasteiger partial charge is 0.388 e. The summed E-state index contributed by atoms with van der Waals surface area (Å²) in [4.78, 5) is 6.51. The molecule has 130 valence electrons. The lowest BCUT2D eigenvalue weighted by molar-refractivity contribution is -0.0373. The predicted molar refractivity (Wildman–Crippen MR) is 89.4 cm³/mol. The standard InChI is InChI=1S/C18H25N3O3/c1-14-19-17(24-20-14)10-18(22)7-4-8-21(13-18)11-15-5-3-6-16(9-15)12-23-2/h3,5-6,9,22H,4,7-8,10-13H2,1-2H3. The van der Waals surface area contributed by atoms with E-state index in [0.29, 0.717) is 31.3 Å². The van der Waals surface area contributed by atoms with E-state index < -0.39 is 5.60 Å². The number of methoxy groups -OCH3 is 1. The van der Waals surface area contributed by atoms with E-state index in [1.807, 2.05) is 0 Å². The first kappa shape index (κ1) is 17.1. The van der Waals surface area contributed by atoms with Gasteiger partial charge in [-0.05, 0) is 37.4 Å². The molecule has 1 aliphatic rings. The van der Waals surface area contributed by atoms with Crippen LogP contribution in [0, 0.1) is 6.92 Å². The molecule has 1 fully saturated rings. The number of aromatic nitrogens is 2. The number of nitrogens with zero attached hydrogens (tertiary/aromatic N) is 3. The van der Waals surface area contributed by atoms with Crippen LogP contribution in [-0.2, 0) is 24.3 Å². The summed E-state index contributed by atoms with van der Waals surface area (Å²) in [5.41, 5.74) is 1.60. The number of rotatable bonds is 6. The summed E-state index contributed by atoms with van der Waals surface area (Å²) in [7, 11) is 1.71. The van der Waals surface area contributed by atoms with Crippen molar-refractivity contribution in [1.82, 2.24) is 15.0 Å². The molecule has 24 heavy (non-hydrogen) atoms. The van der Waals surface area contributed by atoms with Gasteiger partial charge in [0, 0.05) is 20.2 Å². The van der Waals surface area contributed by atoms with Crippen LogP contribution in [0.15, 0.2) is 28.8 Å². The Bertz CT molecular complexity index is 673. The molecule has 0 amide bonds. The lowest BCUT2D eigenvalue weighted by Crippen LogP contribution is -2.49. The fraction of sp³-hybridized carbons (Fsp3) is 0.556. The van der Waals surface area contributed by atoms with Crippen LogP contribution in [0.3, 0.4) is 0 Å². The number of aryl methyl sites for hydroxylation is 1. The maximum Gasteiger partial charge on any atom is 0.229 e. The van der Waals surface area contributed by atoms with Crippen molar-refractivity contribution < 1.29 is 14.4 Å². The summed E-state index contributed by atoms with van der Waals surface area (Å²) < 4.78 is 10.4. The Morgan fingerprint density at radius 1 is 1.38 bits per heavy atom. The number of hydrogen-bond donors (Lipinski definition) is 1. The van der Waals surface area contributed by atoms with Crippen LogP contribution in [0.1, 0.15) is 35.7 Å². The quantitative estimate of drug-likeness (QED) is 0.874. The van der Waals surface area contributed by atoms with Crippen LogP contribution in [0.25, 0.3) is 0 Å². The molecule has 0 saturated carbocycles. The molecule has 6 heteroatoms. The smallest absolute Gasteiger partial charge is 0.229 e. The fourth-order valence-corrected chi connectivity index (χ4v) is 3.42. The molecule has 0 aliphatic carbocycles. The molecule has 0 spiro atoms. The number of aliphatic hydroxyl groups is 1. The lowest BCUT2D eigenvalue weighted by Gasteiger charge is -2.38. The average molecular weight is 331 g/mol. The molecule has 0 radical (unpaired) electrons. The minimum atomic E-state index is -0.804. The van der Waals surface area contributed by atoms with Gasteiger partial charge in [0.05, 0.1) is 18.6 Å². The van der Waals surface area contributed by atoms with Gasteiger partial charge in [-0.3, -0.25) is 4.90 Å². The van der Waals surface area contributed by atoms with Crippen molar-refractivity contribution in [3.05, 3.63) is 47.1 Å². The number of ether oxygens (including phenoxy) is 1. The summed E-state index contributed by atoms with van der Waals surface area (Å²) in [5, 5.41) is 14.7. The number of hydrogen-bond acceptors (Lipinski definition) is 6. The first-order valence-electron chi connectivity index (χ1n) is 8.37. The molecule has 6 nitrogen and oxygen atoms in total. The van der Waals surface area contributed by atoms with Crippen LogP contribution in [0.2, 0.25) is 0 Å². The van der Waals surface area contributed by atoms with E-state index in [2.05, 4.69) is 39.3 Å². The minimum Gasteiger partial charge on any atom is -0.388 e. The Morgan fingerprint density at radius 2 is 2.21 bits per heavy atom. The minimum absolute atomic E-state index is 0.411. The van der Waals surface area contributed by atoms with Crippen LogP contribution in [-0.4, -0.2) is 45.9 Å². The summed E-state index contributed by atoms with van der Waals surface area (Å²) in [5.74, 6) is 1.12. The molecular weight excluding hydrogens is 306 g/mol. The van der Waals surface area contributed by atoms with Gasteiger partial charge >= 0.3 is 0 Å². The molecule has 1 aromatic heterocycles. The van der Waals surface area contributed by atoms with E-state index in [1.165, 1.54) is 11.1 Å². The summed E-state index contributed by atoms with van der Waals surface area (Å²) in [6.07, 6.45) is 2.13. The fourth-order valence-electron chi connectivity index (χ4n) is 3.42. The third-order valence-electron chi connectivity index (χ3n) is 4.39. The lowest BCUT2D eigenvalue weighted by atomic mass is 9.89. The predicted octanol–water partition coefficient (Wildman–Crippen LogP) is 2.09. The number of β-amino-alcohol motifs (C(OH)–C–C–N with tert-alkyl or cyclic N) is 1. The summed E-state index contributed by atoms with van der Waals surface area (Å²) >= 11 is 0. The second-order valence-electron chi connectivity index (χ2n) is 6.70. The van der Waals surface area contributed by atoms with Crippen LogP contribution in [0.4, 0.5) is 0 Å². The average Bonchev–Trinajstić information content (AvgIpc) is 2.92. The van der Waals surface area contributed by atoms with Gasteiger partial charge in [-0.1, -0.05) is 29.4 Å². The molecule has 1 unspecified atom stereocenters. The highest BCUT2D eigenvalue weighted by Gasteiger charge is 2.35. The Morgan fingerprint density at radius 3 is 2.96 bits per heavy atom. The number of likely N-dealkylation sites (tertiary alicyclic amines) is 1. The van der Waals surface area contributed by atoms with Gasteiger partial charge in [-0.25, -0.2) is 0 Å². The van der Waals surface area contributed by atoms with E-state index in [-0.39, 0.29) is 0 Å². The van der Waals surface area contributed by atoms with Gasteiger partial charge in [0.2, 0.25) is 5.89 Å². The number of piperidine rings is 1. The molecule has 2 heterocycles. The van der Waals surface area contributed by atoms with Crippen molar-refractivity contribution in [2.45, 2.75) is 44.9 Å². The summed E-state index contributed by atoms with van der Waals surface area (Å²) in [6, 6.07) is 8.41. The Balaban J connectivity index is 1.63. The Kier molecular flexibility index (Phi) is 5.28. The third kappa shape index (κ3) is 4.41. The topological polar surface area (TPSA) is 71.6 Å². The highest BCUT2D eigenvalue weighted by molar-refractivity contribution is 5.23. The Labute approximate surface area is 142 Å². The van der Waals surface area contributed by atoms with Gasteiger partial charge in [0.25, 0.3) is 0 Å². The van der Waals surface area contributed by atoms with E-state index in [4.69, 9.17) is 9.26 Å². The first-order chi connectivity index (χ1) is 11.6. The molecule has 1 atom stereocenters. The van der Waals surface area contributed by atoms with Gasteiger partial charge in [-0.2, -0.15) is 4.98 Å². The normalized spacial score (nSPS) is 22.0. The van der Waals surface area contributed by atoms with Gasteiger partial charge in [0.1, 0.15) is 0 Å². The van der Waals surface area contributed by atoms with Crippen molar-refractivity contribution in [2.75, 3.05) is 20.2 Å². The van der Waals surface area contributed by atoms with Crippen molar-refractivity contribution in [1.29, 1.82) is 0 Å². The SMILES string of the molecule is COCc1cccc(CN2CCCC(O)(Cc3nc(C)no3)C2)c1. The van der Waals surface area contributed by atoms with E-state index in [0.717, 1.165) is 25.9 Å².